The van der Waals surface area contributed by atoms with Gasteiger partial charge in [0.15, 0.2) is 0 Å². The molecule has 0 N–H and O–H groups in total. The average Bonchev–Trinajstić information content (AvgIpc) is 1.21. The summed E-state index contributed by atoms with van der Waals surface area (Å²) in [6.07, 6.45) is 0. The van der Waals surface area contributed by atoms with Crippen molar-refractivity contribution in [1.82, 2.24) is 0 Å². The molecule has 5 heteroatoms. The largest absolute Gasteiger partial charge is 1.00 e. The number of hydrogen-bond donors (Lipinski definition) is 0. The van der Waals surface area contributed by atoms with Crippen molar-refractivity contribution >= 4 is 10.1 Å². The average molecular weight is 142 g/mol. The molecule has 0 atom stereocenters. The van der Waals surface area contributed by atoms with Gasteiger partial charge in [-0.2, -0.15) is 0 Å². The summed E-state index contributed by atoms with van der Waals surface area (Å²) < 4.78 is 29.5. The van der Waals surface area contributed by atoms with Gasteiger partial charge in [0.2, 0.25) is 0 Å². The molecule has 0 unspecified atom stereocenters. The molecule has 48 valence electrons. The Labute approximate surface area is 67.1 Å². The molecule has 0 spiro atoms. The van der Waals surface area contributed by atoms with Gasteiger partial charge in [0.25, 0.3) is 0 Å². The maximum Gasteiger partial charge on any atom is 1.00 e. The van der Waals surface area contributed by atoms with Gasteiger partial charge in [0.05, 0.1) is 15.9 Å². The van der Waals surface area contributed by atoms with Crippen LogP contribution in [0.1, 0.15) is 6.92 Å². The van der Waals surface area contributed by atoms with Crippen LogP contribution in [0.4, 0.5) is 0 Å². The molecule has 3 nitrogen and oxygen atoms in total. The van der Waals surface area contributed by atoms with E-state index in [1.54, 1.807) is 0 Å². The summed E-state index contributed by atoms with van der Waals surface area (Å²) in [6.45, 7) is 4.76. The minimum Gasteiger partial charge on any atom is -0.748 e. The molecule has 0 fully saturated rings. The van der Waals surface area contributed by atoms with Crippen LogP contribution in [-0.2, 0) is 10.1 Å². The molecule has 0 aliphatic heterocycles. The van der Waals surface area contributed by atoms with Crippen LogP contribution >= 0.6 is 0 Å². The van der Waals surface area contributed by atoms with Crippen molar-refractivity contribution in [1.29, 1.82) is 0 Å². The second-order valence-corrected chi connectivity index (χ2v) is 3.06. The number of rotatable bonds is 2. The third kappa shape index (κ3) is 11.7. The summed E-state index contributed by atoms with van der Waals surface area (Å²) in [4.78, 5) is 0. The zero-order valence-electron chi connectivity index (χ0n) is 5.55. The van der Waals surface area contributed by atoms with E-state index in [0.717, 1.165) is 0 Å². The van der Waals surface area contributed by atoms with E-state index < -0.39 is 15.9 Å². The first-order valence-electron chi connectivity index (χ1n) is 2.00. The fraction of sp³-hybridized carbons (Fsp3) is 0.500. The minimum atomic E-state index is -4.07. The first-order valence-corrected chi connectivity index (χ1v) is 3.57. The van der Waals surface area contributed by atoms with Gasteiger partial charge >= 0.3 is 18.9 Å². The first kappa shape index (κ1) is 12.0. The van der Waals surface area contributed by atoms with Crippen molar-refractivity contribution in [2.45, 2.75) is 6.92 Å². The molecule has 0 rings (SSSR count). The third-order valence-electron chi connectivity index (χ3n) is 0.423. The van der Waals surface area contributed by atoms with Crippen molar-refractivity contribution in [3.05, 3.63) is 12.2 Å². The van der Waals surface area contributed by atoms with Crippen molar-refractivity contribution in [3.8, 4) is 0 Å². The molecule has 0 aliphatic carbocycles. The van der Waals surface area contributed by atoms with E-state index in [1.165, 1.54) is 6.92 Å². The minimum absolute atomic E-state index is 0. The third-order valence-corrected chi connectivity index (χ3v) is 1.27. The van der Waals surface area contributed by atoms with Gasteiger partial charge < -0.3 is 4.55 Å². The van der Waals surface area contributed by atoms with Crippen LogP contribution in [0.25, 0.3) is 0 Å². The molecule has 0 amide bonds. The monoisotopic (exact) mass is 142 g/mol. The van der Waals surface area contributed by atoms with Crippen LogP contribution in [0.15, 0.2) is 12.2 Å². The van der Waals surface area contributed by atoms with Crippen molar-refractivity contribution in [2.24, 2.45) is 0 Å². The molecular formula is C4H7LiO3S. The van der Waals surface area contributed by atoms with E-state index in [-0.39, 0.29) is 18.9 Å². The van der Waals surface area contributed by atoms with Gasteiger partial charge in [-0.3, -0.25) is 0 Å². The molecule has 0 heterocycles. The molecule has 0 saturated carbocycles. The topological polar surface area (TPSA) is 57.2 Å². The van der Waals surface area contributed by atoms with Crippen LogP contribution in [0.3, 0.4) is 0 Å². The fourth-order valence-electron chi connectivity index (χ4n) is 0.302. The quantitative estimate of drug-likeness (QED) is 0.236. The summed E-state index contributed by atoms with van der Waals surface area (Å²) >= 11 is 0. The van der Waals surface area contributed by atoms with Gasteiger partial charge in [-0.05, 0) is 6.92 Å². The smallest absolute Gasteiger partial charge is 0.748 e. The molecule has 0 bridgehead atoms. The Morgan fingerprint density at radius 2 is 2.00 bits per heavy atom. The van der Waals surface area contributed by atoms with E-state index in [9.17, 15) is 13.0 Å². The number of hydrogen-bond acceptors (Lipinski definition) is 3. The van der Waals surface area contributed by atoms with Crippen LogP contribution in [-0.4, -0.2) is 18.7 Å². The van der Waals surface area contributed by atoms with Crippen molar-refractivity contribution in [3.63, 3.8) is 0 Å². The SMILES string of the molecule is C=C(C)CS(=O)(=O)[O-].[Li+]. The maximum absolute atomic E-state index is 9.83. The molecule has 0 radical (unpaired) electrons. The molecule has 0 aromatic carbocycles. The normalized spacial score (nSPS) is 10.0. The molecule has 9 heavy (non-hydrogen) atoms. The summed E-state index contributed by atoms with van der Waals surface area (Å²) in [5, 5.41) is 0. The second-order valence-electron chi connectivity index (χ2n) is 1.66. The predicted octanol–water partition coefficient (Wildman–Crippen LogP) is -2.89. The van der Waals surface area contributed by atoms with Crippen LogP contribution < -0.4 is 18.9 Å². The summed E-state index contributed by atoms with van der Waals surface area (Å²) in [5.41, 5.74) is 0.375. The molecular weight excluding hydrogens is 135 g/mol. The van der Waals surface area contributed by atoms with E-state index in [2.05, 4.69) is 6.58 Å². The Bertz CT molecular complexity index is 182. The van der Waals surface area contributed by atoms with Gasteiger partial charge in [-0.15, -0.1) is 0 Å². The van der Waals surface area contributed by atoms with E-state index >= 15 is 0 Å². The molecule has 0 aliphatic rings. The van der Waals surface area contributed by atoms with Crippen molar-refractivity contribution in [2.75, 3.05) is 5.75 Å². The Hall–Kier alpha value is 0.247. The molecule has 0 aromatic heterocycles. The Kier molecular flexibility index (Phi) is 5.49. The van der Waals surface area contributed by atoms with Crippen LogP contribution in [0, 0.1) is 0 Å². The summed E-state index contributed by atoms with van der Waals surface area (Å²) in [7, 11) is -4.07. The van der Waals surface area contributed by atoms with E-state index in [4.69, 9.17) is 0 Å². The zero-order valence-corrected chi connectivity index (χ0v) is 6.36. The van der Waals surface area contributed by atoms with Gasteiger partial charge in [0.1, 0.15) is 0 Å². The summed E-state index contributed by atoms with van der Waals surface area (Å²) in [6, 6.07) is 0. The van der Waals surface area contributed by atoms with E-state index in [1.807, 2.05) is 0 Å². The summed E-state index contributed by atoms with van der Waals surface area (Å²) in [5.74, 6) is -0.451. The first-order chi connectivity index (χ1) is 3.42. The van der Waals surface area contributed by atoms with E-state index in [0.29, 0.717) is 5.57 Å². The Balaban J connectivity index is 0. The zero-order chi connectivity index (χ0) is 6.78. The van der Waals surface area contributed by atoms with Crippen LogP contribution in [0.5, 0.6) is 0 Å². The Morgan fingerprint density at radius 3 is 2.00 bits per heavy atom. The standard InChI is InChI=1S/C4H8O3S.Li/c1-4(2)3-8(5,6)7;/h1,3H2,2H3,(H,5,6,7);/q;+1/p-1. The van der Waals surface area contributed by atoms with Crippen molar-refractivity contribution < 1.29 is 31.8 Å². The van der Waals surface area contributed by atoms with Gasteiger partial charge in [-0.25, -0.2) is 8.42 Å². The van der Waals surface area contributed by atoms with Crippen LogP contribution in [0.2, 0.25) is 0 Å². The van der Waals surface area contributed by atoms with Gasteiger partial charge in [0, 0.05) is 0 Å². The second kappa shape index (κ2) is 4.13. The van der Waals surface area contributed by atoms with Gasteiger partial charge in [-0.1, -0.05) is 12.2 Å². The Morgan fingerprint density at radius 1 is 1.67 bits per heavy atom. The predicted molar refractivity (Wildman–Crippen MR) is 29.4 cm³/mol. The molecule has 0 saturated heterocycles. The fourth-order valence-corrected chi connectivity index (χ4v) is 0.905. The molecule has 0 aromatic rings. The maximum atomic E-state index is 9.83.